The van der Waals surface area contributed by atoms with Crippen molar-refractivity contribution < 1.29 is 14.8 Å². The second-order valence-electron chi connectivity index (χ2n) is 2.18. The second-order valence-corrected chi connectivity index (χ2v) is 3.40. The van der Waals surface area contributed by atoms with Crippen LogP contribution in [0.1, 0.15) is 4.88 Å². The van der Waals surface area contributed by atoms with Crippen molar-refractivity contribution in [3.8, 4) is 5.06 Å². The summed E-state index contributed by atoms with van der Waals surface area (Å²) in [6, 6.07) is 1.70. The van der Waals surface area contributed by atoms with Crippen LogP contribution >= 0.6 is 11.3 Å². The molecule has 0 atom stereocenters. The second kappa shape index (κ2) is 3.25. The van der Waals surface area contributed by atoms with E-state index in [4.69, 9.17) is 14.8 Å². The molecule has 2 N–H and O–H groups in total. The minimum atomic E-state index is -1.44. The highest BCUT2D eigenvalue weighted by atomic mass is 32.1. The Balaban J connectivity index is 3.02. The van der Waals surface area contributed by atoms with Crippen LogP contribution in [0.2, 0.25) is 0 Å². The Morgan fingerprint density at radius 3 is 2.55 bits per heavy atom. The number of ether oxygens (including phenoxy) is 1. The van der Waals surface area contributed by atoms with Gasteiger partial charge in [-0.1, -0.05) is 0 Å². The van der Waals surface area contributed by atoms with Gasteiger partial charge in [0.25, 0.3) is 0 Å². The molecular weight excluding hydrogens is 163 g/mol. The number of methoxy groups -OCH3 is 1. The van der Waals surface area contributed by atoms with Crippen molar-refractivity contribution in [2.75, 3.05) is 7.11 Å². The Hall–Kier alpha value is -0.515. The van der Waals surface area contributed by atoms with E-state index in [0.29, 0.717) is 10.5 Å². The minimum absolute atomic E-state index is 0.440. The normalized spacial score (nSPS) is 9.82. The summed E-state index contributed by atoms with van der Waals surface area (Å²) in [6.45, 7) is 1.89. The third-order valence-electron chi connectivity index (χ3n) is 1.31. The smallest absolute Gasteiger partial charge is 0.488 e. The van der Waals surface area contributed by atoms with E-state index in [0.717, 1.165) is 4.88 Å². The molecule has 0 bridgehead atoms. The van der Waals surface area contributed by atoms with Crippen LogP contribution in [0, 0.1) is 6.92 Å². The first-order valence-electron chi connectivity index (χ1n) is 3.15. The predicted molar refractivity (Wildman–Crippen MR) is 45.4 cm³/mol. The molecule has 11 heavy (non-hydrogen) atoms. The molecule has 0 aromatic carbocycles. The van der Waals surface area contributed by atoms with Crippen molar-refractivity contribution in [2.24, 2.45) is 0 Å². The van der Waals surface area contributed by atoms with E-state index in [1.807, 2.05) is 6.92 Å². The molecule has 0 fully saturated rings. The van der Waals surface area contributed by atoms with E-state index >= 15 is 0 Å². The molecule has 0 amide bonds. The van der Waals surface area contributed by atoms with Gasteiger partial charge in [0.2, 0.25) is 0 Å². The van der Waals surface area contributed by atoms with Gasteiger partial charge in [0.15, 0.2) is 5.06 Å². The maximum atomic E-state index is 8.83. The molecule has 0 unspecified atom stereocenters. The van der Waals surface area contributed by atoms with Gasteiger partial charge in [-0.2, -0.15) is 0 Å². The fourth-order valence-corrected chi connectivity index (χ4v) is 1.70. The summed E-state index contributed by atoms with van der Waals surface area (Å²) in [7, 11) is 0.0758. The van der Waals surface area contributed by atoms with Crippen LogP contribution in [0.5, 0.6) is 5.06 Å². The SMILES string of the molecule is COc1sc(C)cc1B(O)O. The highest BCUT2D eigenvalue weighted by Crippen LogP contribution is 2.20. The van der Waals surface area contributed by atoms with Crippen LogP contribution in [0.15, 0.2) is 6.07 Å². The highest BCUT2D eigenvalue weighted by Gasteiger charge is 2.18. The molecule has 0 aliphatic rings. The van der Waals surface area contributed by atoms with Crippen LogP contribution in [-0.2, 0) is 0 Å². The maximum absolute atomic E-state index is 8.83. The Kier molecular flexibility index (Phi) is 2.54. The Bertz CT molecular complexity index is 246. The van der Waals surface area contributed by atoms with Gasteiger partial charge in [0, 0.05) is 10.3 Å². The molecule has 5 heteroatoms. The van der Waals surface area contributed by atoms with Crippen LogP contribution in [-0.4, -0.2) is 24.3 Å². The van der Waals surface area contributed by atoms with Gasteiger partial charge in [-0.3, -0.25) is 0 Å². The van der Waals surface area contributed by atoms with Crippen LogP contribution < -0.4 is 10.2 Å². The lowest BCUT2D eigenvalue weighted by atomic mass is 9.82. The van der Waals surface area contributed by atoms with E-state index in [-0.39, 0.29) is 0 Å². The van der Waals surface area contributed by atoms with Gasteiger partial charge >= 0.3 is 7.12 Å². The summed E-state index contributed by atoms with van der Waals surface area (Å²) >= 11 is 1.40. The molecule has 0 radical (unpaired) electrons. The third-order valence-corrected chi connectivity index (χ3v) is 2.34. The monoisotopic (exact) mass is 172 g/mol. The van der Waals surface area contributed by atoms with Crippen molar-refractivity contribution in [2.45, 2.75) is 6.92 Å². The lowest BCUT2D eigenvalue weighted by Gasteiger charge is -1.98. The lowest BCUT2D eigenvalue weighted by molar-refractivity contribution is 0.410. The minimum Gasteiger partial charge on any atom is -0.488 e. The topological polar surface area (TPSA) is 49.7 Å². The van der Waals surface area contributed by atoms with Crippen LogP contribution in [0.4, 0.5) is 0 Å². The van der Waals surface area contributed by atoms with Crippen molar-refractivity contribution in [1.29, 1.82) is 0 Å². The molecule has 0 aliphatic heterocycles. The first kappa shape index (κ1) is 8.58. The first-order valence-corrected chi connectivity index (χ1v) is 3.97. The van der Waals surface area contributed by atoms with Crippen LogP contribution in [0.25, 0.3) is 0 Å². The zero-order chi connectivity index (χ0) is 8.43. The standard InChI is InChI=1S/C6H9BO3S/c1-4-3-5(7(8)9)6(10-2)11-4/h3,8-9H,1-2H3. The number of rotatable bonds is 2. The molecule has 0 spiro atoms. The van der Waals surface area contributed by atoms with Gasteiger partial charge in [0.05, 0.1) is 7.11 Å². The average molecular weight is 172 g/mol. The quantitative estimate of drug-likeness (QED) is 0.604. The number of thiophene rings is 1. The molecule has 60 valence electrons. The van der Waals surface area contributed by atoms with Gasteiger partial charge in [-0.05, 0) is 13.0 Å². The Labute approximate surface area is 69.4 Å². The summed E-state index contributed by atoms with van der Waals surface area (Å²) in [5.41, 5.74) is 0.440. The van der Waals surface area contributed by atoms with Crippen molar-refractivity contribution in [3.05, 3.63) is 10.9 Å². The molecule has 1 heterocycles. The average Bonchev–Trinajstić information content (AvgIpc) is 2.30. The van der Waals surface area contributed by atoms with Crippen molar-refractivity contribution in [1.82, 2.24) is 0 Å². The summed E-state index contributed by atoms with van der Waals surface area (Å²) in [4.78, 5) is 1.00. The van der Waals surface area contributed by atoms with Gasteiger partial charge < -0.3 is 14.8 Å². The fraction of sp³-hybridized carbons (Fsp3) is 0.333. The molecule has 1 rings (SSSR count). The first-order chi connectivity index (χ1) is 5.15. The largest absolute Gasteiger partial charge is 0.493 e. The van der Waals surface area contributed by atoms with E-state index < -0.39 is 7.12 Å². The fourth-order valence-electron chi connectivity index (χ4n) is 0.852. The van der Waals surface area contributed by atoms with Crippen LogP contribution in [0.3, 0.4) is 0 Å². The van der Waals surface area contributed by atoms with E-state index in [9.17, 15) is 0 Å². The molecule has 0 saturated heterocycles. The summed E-state index contributed by atoms with van der Waals surface area (Å²) in [5, 5.41) is 18.2. The van der Waals surface area contributed by atoms with E-state index in [1.54, 1.807) is 6.07 Å². The molecule has 1 aromatic rings. The lowest BCUT2D eigenvalue weighted by Crippen LogP contribution is -2.29. The zero-order valence-corrected chi connectivity index (χ0v) is 7.18. The van der Waals surface area contributed by atoms with Gasteiger partial charge in [-0.25, -0.2) is 0 Å². The summed E-state index contributed by atoms with van der Waals surface area (Å²) in [6.07, 6.45) is 0. The maximum Gasteiger partial charge on any atom is 0.493 e. The van der Waals surface area contributed by atoms with Crippen molar-refractivity contribution in [3.63, 3.8) is 0 Å². The third kappa shape index (κ3) is 1.74. The number of aryl methyl sites for hydroxylation is 1. The Morgan fingerprint density at radius 2 is 2.18 bits per heavy atom. The summed E-state index contributed by atoms with van der Waals surface area (Å²) in [5.74, 6) is 0. The highest BCUT2D eigenvalue weighted by molar-refractivity contribution is 7.15. The number of hydrogen-bond acceptors (Lipinski definition) is 4. The Morgan fingerprint density at radius 1 is 1.55 bits per heavy atom. The molecular formula is C6H9BO3S. The molecule has 3 nitrogen and oxygen atoms in total. The predicted octanol–water partition coefficient (Wildman–Crippen LogP) is -0.255. The summed E-state index contributed by atoms with van der Waals surface area (Å²) < 4.78 is 4.93. The number of hydrogen-bond donors (Lipinski definition) is 2. The van der Waals surface area contributed by atoms with E-state index in [1.165, 1.54) is 18.4 Å². The van der Waals surface area contributed by atoms with Crippen molar-refractivity contribution >= 4 is 23.9 Å². The molecule has 1 aromatic heterocycles. The molecule has 0 aliphatic carbocycles. The van der Waals surface area contributed by atoms with Gasteiger partial charge in [0.1, 0.15) is 0 Å². The molecule has 0 saturated carbocycles. The van der Waals surface area contributed by atoms with E-state index in [2.05, 4.69) is 0 Å². The van der Waals surface area contributed by atoms with Gasteiger partial charge in [-0.15, -0.1) is 11.3 Å². The zero-order valence-electron chi connectivity index (χ0n) is 6.37.